The summed E-state index contributed by atoms with van der Waals surface area (Å²) in [6.45, 7) is 3.00. The number of rotatable bonds is 6. The van der Waals surface area contributed by atoms with Crippen LogP contribution in [0.15, 0.2) is 18.2 Å². The van der Waals surface area contributed by atoms with Crippen LogP contribution in [0.1, 0.15) is 34.5 Å². The van der Waals surface area contributed by atoms with Crippen LogP contribution in [0, 0.1) is 11.7 Å². The molecule has 1 saturated heterocycles. The molecule has 6 heteroatoms. The summed E-state index contributed by atoms with van der Waals surface area (Å²) in [5, 5.41) is 6.88. The van der Waals surface area contributed by atoms with Crippen molar-refractivity contribution in [3.63, 3.8) is 0 Å². The molecule has 1 aromatic heterocycles. The van der Waals surface area contributed by atoms with E-state index in [2.05, 4.69) is 10.6 Å². The zero-order valence-corrected chi connectivity index (χ0v) is 14.7. The van der Waals surface area contributed by atoms with Crippen molar-refractivity contribution in [1.82, 2.24) is 10.6 Å². The molecule has 2 heterocycles. The molecule has 24 heavy (non-hydrogen) atoms. The molecule has 0 radical (unpaired) electrons. The van der Waals surface area contributed by atoms with Gasteiger partial charge in [-0.25, -0.2) is 4.39 Å². The van der Waals surface area contributed by atoms with Crippen molar-refractivity contribution in [2.45, 2.75) is 25.9 Å². The van der Waals surface area contributed by atoms with E-state index in [9.17, 15) is 9.18 Å². The number of fused-ring (bicyclic) bond motifs is 1. The molecule has 130 valence electrons. The maximum absolute atomic E-state index is 14.2. The summed E-state index contributed by atoms with van der Waals surface area (Å²) in [7, 11) is 1.56. The Morgan fingerprint density at radius 3 is 3.12 bits per heavy atom. The fraction of sp³-hybridized carbons (Fsp3) is 0.500. The van der Waals surface area contributed by atoms with Gasteiger partial charge in [-0.15, -0.1) is 11.3 Å². The zero-order valence-electron chi connectivity index (χ0n) is 13.9. The number of carbonyl (C=O) groups is 1. The van der Waals surface area contributed by atoms with Gasteiger partial charge in [-0.2, -0.15) is 0 Å². The second-order valence-corrected chi connectivity index (χ2v) is 7.26. The number of halogens is 1. The van der Waals surface area contributed by atoms with Crippen molar-refractivity contribution in [3.8, 4) is 0 Å². The number of nitrogens with one attached hydrogen (secondary N) is 2. The van der Waals surface area contributed by atoms with E-state index < -0.39 is 0 Å². The van der Waals surface area contributed by atoms with Gasteiger partial charge in [0.25, 0.3) is 5.91 Å². The van der Waals surface area contributed by atoms with Crippen LogP contribution in [0.25, 0.3) is 10.1 Å². The highest BCUT2D eigenvalue weighted by atomic mass is 32.1. The van der Waals surface area contributed by atoms with Gasteiger partial charge >= 0.3 is 0 Å². The second-order valence-electron chi connectivity index (χ2n) is 6.21. The normalized spacial score (nSPS) is 18.0. The minimum atomic E-state index is -0.303. The molecule has 2 N–H and O–H groups in total. The van der Waals surface area contributed by atoms with Gasteiger partial charge in [0.2, 0.25) is 0 Å². The average Bonchev–Trinajstić information content (AvgIpc) is 2.96. The van der Waals surface area contributed by atoms with Gasteiger partial charge in [0, 0.05) is 29.3 Å². The molecule has 1 aliphatic heterocycles. The third kappa shape index (κ3) is 3.77. The van der Waals surface area contributed by atoms with Gasteiger partial charge < -0.3 is 15.4 Å². The minimum Gasteiger partial charge on any atom is -0.380 e. The molecule has 1 aliphatic rings. The highest BCUT2D eigenvalue weighted by Gasteiger charge is 2.21. The Kier molecular flexibility index (Phi) is 5.81. The molecular weight excluding hydrogens is 327 g/mol. The molecule has 4 nitrogen and oxygen atoms in total. The smallest absolute Gasteiger partial charge is 0.261 e. The monoisotopic (exact) mass is 350 g/mol. The summed E-state index contributed by atoms with van der Waals surface area (Å²) < 4.78 is 20.1. The first kappa shape index (κ1) is 17.3. The van der Waals surface area contributed by atoms with Crippen LogP contribution in [0.4, 0.5) is 4.39 Å². The maximum Gasteiger partial charge on any atom is 0.261 e. The fourth-order valence-electron chi connectivity index (χ4n) is 3.27. The molecule has 1 unspecified atom stereocenters. The van der Waals surface area contributed by atoms with Crippen LogP contribution in [0.3, 0.4) is 0 Å². The number of hydrogen-bond acceptors (Lipinski definition) is 4. The summed E-state index contributed by atoms with van der Waals surface area (Å²) in [5.74, 6) is 0.187. The predicted octanol–water partition coefficient (Wildman–Crippen LogP) is 3.31. The van der Waals surface area contributed by atoms with Crippen LogP contribution < -0.4 is 10.6 Å². The first-order valence-corrected chi connectivity index (χ1v) is 9.20. The lowest BCUT2D eigenvalue weighted by molar-refractivity contribution is 0.0950. The first-order chi connectivity index (χ1) is 11.7. The Bertz CT molecular complexity index is 710. The van der Waals surface area contributed by atoms with Gasteiger partial charge in [-0.05, 0) is 50.4 Å². The second kappa shape index (κ2) is 8.05. The van der Waals surface area contributed by atoms with Crippen LogP contribution in [0.5, 0.6) is 0 Å². The third-order valence-corrected chi connectivity index (χ3v) is 5.69. The van der Waals surface area contributed by atoms with Crippen molar-refractivity contribution in [1.29, 1.82) is 0 Å². The van der Waals surface area contributed by atoms with E-state index in [1.807, 2.05) is 6.07 Å². The molecule has 2 aromatic rings. The molecule has 1 fully saturated rings. The quantitative estimate of drug-likeness (QED) is 0.840. The Balaban J connectivity index is 1.71. The van der Waals surface area contributed by atoms with Crippen LogP contribution in [-0.4, -0.2) is 32.7 Å². The van der Waals surface area contributed by atoms with Crippen LogP contribution in [-0.2, 0) is 11.3 Å². The zero-order chi connectivity index (χ0) is 16.9. The van der Waals surface area contributed by atoms with E-state index in [-0.39, 0.29) is 18.3 Å². The van der Waals surface area contributed by atoms with E-state index in [1.165, 1.54) is 30.2 Å². The van der Waals surface area contributed by atoms with Gasteiger partial charge in [0.05, 0.1) is 11.5 Å². The molecule has 3 rings (SSSR count). The number of thiophene rings is 1. The number of ether oxygens (including phenoxy) is 1. The Hall–Kier alpha value is -1.50. The highest BCUT2D eigenvalue weighted by Crippen LogP contribution is 2.33. The first-order valence-electron chi connectivity index (χ1n) is 8.38. The molecular formula is C18H23FN2O2S. The van der Waals surface area contributed by atoms with Gasteiger partial charge in [-0.1, -0.05) is 6.07 Å². The van der Waals surface area contributed by atoms with Crippen molar-refractivity contribution >= 4 is 27.3 Å². The lowest BCUT2D eigenvalue weighted by atomic mass is 9.96. The Labute approximate surface area is 145 Å². The molecule has 0 saturated carbocycles. The van der Waals surface area contributed by atoms with E-state index in [0.29, 0.717) is 28.3 Å². The Morgan fingerprint density at radius 1 is 1.50 bits per heavy atom. The van der Waals surface area contributed by atoms with Crippen LogP contribution >= 0.6 is 11.3 Å². The number of carbonyl (C=O) groups excluding carboxylic acids is 1. The highest BCUT2D eigenvalue weighted by molar-refractivity contribution is 7.21. The van der Waals surface area contributed by atoms with Crippen molar-refractivity contribution in [3.05, 3.63) is 34.5 Å². The lowest BCUT2D eigenvalue weighted by Crippen LogP contribution is -2.33. The number of benzene rings is 1. The third-order valence-electron chi connectivity index (χ3n) is 4.50. The summed E-state index contributed by atoms with van der Waals surface area (Å²) in [6.07, 6.45) is 3.38. The Morgan fingerprint density at radius 2 is 2.38 bits per heavy atom. The molecule has 0 aliphatic carbocycles. The van der Waals surface area contributed by atoms with E-state index >= 15 is 0 Å². The number of methoxy groups -OCH3 is 1. The van der Waals surface area contributed by atoms with Crippen LogP contribution in [0.2, 0.25) is 0 Å². The minimum absolute atomic E-state index is 0.133. The number of piperidine rings is 1. The molecule has 0 bridgehead atoms. The molecule has 1 amide bonds. The summed E-state index contributed by atoms with van der Waals surface area (Å²) in [5.41, 5.74) is 0.646. The van der Waals surface area contributed by atoms with Crippen molar-refractivity contribution in [2.75, 3.05) is 26.7 Å². The van der Waals surface area contributed by atoms with Gasteiger partial charge in [0.1, 0.15) is 5.82 Å². The molecule has 1 atom stereocenters. The van der Waals surface area contributed by atoms with Crippen molar-refractivity contribution < 1.29 is 13.9 Å². The number of amides is 1. The number of hydrogen-bond donors (Lipinski definition) is 2. The fourth-order valence-corrected chi connectivity index (χ4v) is 4.41. The summed E-state index contributed by atoms with van der Waals surface area (Å²) >= 11 is 1.33. The van der Waals surface area contributed by atoms with E-state index in [1.54, 1.807) is 13.2 Å². The maximum atomic E-state index is 14.2. The summed E-state index contributed by atoms with van der Waals surface area (Å²) in [6, 6.07) is 4.93. The topological polar surface area (TPSA) is 50.4 Å². The SMILES string of the molecule is COCc1c(C(=O)NCCC2CCCNC2)sc2cccc(F)c12. The van der Waals surface area contributed by atoms with Gasteiger partial charge in [0.15, 0.2) is 0 Å². The summed E-state index contributed by atoms with van der Waals surface area (Å²) in [4.78, 5) is 13.1. The van der Waals surface area contributed by atoms with Crippen molar-refractivity contribution in [2.24, 2.45) is 5.92 Å². The van der Waals surface area contributed by atoms with Gasteiger partial charge in [-0.3, -0.25) is 4.79 Å². The molecule has 1 aromatic carbocycles. The van der Waals surface area contributed by atoms with E-state index in [4.69, 9.17) is 4.74 Å². The average molecular weight is 350 g/mol. The largest absolute Gasteiger partial charge is 0.380 e. The van der Waals surface area contributed by atoms with E-state index in [0.717, 1.165) is 24.2 Å². The lowest BCUT2D eigenvalue weighted by Gasteiger charge is -2.22. The standard InChI is InChI=1S/C18H23FN2O2S/c1-23-11-13-16-14(19)5-2-6-15(16)24-17(13)18(22)21-9-7-12-4-3-8-20-10-12/h2,5-6,12,20H,3-4,7-11H2,1H3,(H,21,22). The molecule has 0 spiro atoms. The predicted molar refractivity (Wildman–Crippen MR) is 95.0 cm³/mol.